The molecule has 11 heavy (non-hydrogen) atoms. The summed E-state index contributed by atoms with van der Waals surface area (Å²) in [5.41, 5.74) is 5.32. The summed E-state index contributed by atoms with van der Waals surface area (Å²) in [6.07, 6.45) is 0.632. The monoisotopic (exact) mass is 174 g/mol. The second-order valence-electron chi connectivity index (χ2n) is 2.40. The summed E-state index contributed by atoms with van der Waals surface area (Å²) in [5, 5.41) is 8.13. The predicted octanol–water partition coefficient (Wildman–Crippen LogP) is 0.384. The molecular formula is C7H14N2OS. The summed E-state index contributed by atoms with van der Waals surface area (Å²) in [6.45, 7) is 4.04. The molecule has 0 aliphatic rings. The maximum Gasteiger partial charge on any atom is 0.121 e. The molecule has 0 aliphatic carbocycles. The van der Waals surface area contributed by atoms with Crippen LogP contribution in [0.25, 0.3) is 0 Å². The molecule has 3 nitrogen and oxygen atoms in total. The lowest BCUT2D eigenvalue weighted by Crippen LogP contribution is -2.28. The lowest BCUT2D eigenvalue weighted by molar-refractivity contribution is 0.665. The zero-order valence-corrected chi connectivity index (χ0v) is 7.73. The Kier molecular flexibility index (Phi) is 5.08. The number of rotatable bonds is 4. The van der Waals surface area contributed by atoms with Crippen LogP contribution >= 0.6 is 0 Å². The number of nitrogens with zero attached hydrogens (tertiary/aromatic N) is 1. The van der Waals surface area contributed by atoms with Crippen LogP contribution in [-0.4, -0.2) is 21.3 Å². The van der Waals surface area contributed by atoms with Crippen LogP contribution in [0, 0.1) is 11.3 Å². The molecule has 0 aromatic heterocycles. The topological polar surface area (TPSA) is 66.9 Å². The zero-order chi connectivity index (χ0) is 8.85. The van der Waals surface area contributed by atoms with Crippen LogP contribution in [0.1, 0.15) is 20.3 Å². The second kappa shape index (κ2) is 5.28. The van der Waals surface area contributed by atoms with E-state index in [1.807, 2.05) is 13.0 Å². The van der Waals surface area contributed by atoms with E-state index >= 15 is 0 Å². The van der Waals surface area contributed by atoms with E-state index in [0.717, 1.165) is 0 Å². The maximum atomic E-state index is 11.3. The summed E-state index contributed by atoms with van der Waals surface area (Å²) in [7, 11) is -1.09. The maximum absolute atomic E-state index is 11.3. The van der Waals surface area contributed by atoms with Gasteiger partial charge in [0.05, 0.1) is 6.07 Å². The van der Waals surface area contributed by atoms with Gasteiger partial charge in [-0.15, -0.1) is 0 Å². The van der Waals surface area contributed by atoms with Gasteiger partial charge in [-0.2, -0.15) is 5.26 Å². The number of hydrogen-bond acceptors (Lipinski definition) is 3. The quantitative estimate of drug-likeness (QED) is 0.670. The standard InChI is InChI=1S/C7H14N2OS/c1-3-7(5-9)11(10)6(2)4-8/h6-7H,3-4,8H2,1-2H3. The van der Waals surface area contributed by atoms with Crippen LogP contribution in [0.3, 0.4) is 0 Å². The van der Waals surface area contributed by atoms with Crippen LogP contribution in [0.2, 0.25) is 0 Å². The van der Waals surface area contributed by atoms with Crippen molar-refractivity contribution < 1.29 is 4.21 Å². The van der Waals surface area contributed by atoms with Gasteiger partial charge >= 0.3 is 0 Å². The Labute approximate surface area is 70.0 Å². The summed E-state index contributed by atoms with van der Waals surface area (Å²) >= 11 is 0. The highest BCUT2D eigenvalue weighted by atomic mass is 32.2. The van der Waals surface area contributed by atoms with Crippen LogP contribution in [0.4, 0.5) is 0 Å². The molecule has 3 atom stereocenters. The summed E-state index contributed by atoms with van der Waals surface area (Å²) in [4.78, 5) is 0. The molecule has 0 aliphatic heterocycles. The fourth-order valence-corrected chi connectivity index (χ4v) is 1.87. The third-order valence-electron chi connectivity index (χ3n) is 1.52. The van der Waals surface area contributed by atoms with Crippen LogP contribution in [0.15, 0.2) is 0 Å². The molecule has 4 heteroatoms. The fourth-order valence-electron chi connectivity index (χ4n) is 0.683. The molecule has 3 unspecified atom stereocenters. The minimum Gasteiger partial charge on any atom is -0.329 e. The van der Waals surface area contributed by atoms with Gasteiger partial charge in [0.1, 0.15) is 5.25 Å². The van der Waals surface area contributed by atoms with E-state index in [0.29, 0.717) is 13.0 Å². The second-order valence-corrected chi connectivity index (χ2v) is 4.43. The van der Waals surface area contributed by atoms with E-state index < -0.39 is 10.8 Å². The Morgan fingerprint density at radius 3 is 2.55 bits per heavy atom. The molecule has 0 saturated heterocycles. The molecule has 64 valence electrons. The first kappa shape index (κ1) is 10.6. The van der Waals surface area contributed by atoms with Crippen molar-refractivity contribution in [1.82, 2.24) is 0 Å². The lowest BCUT2D eigenvalue weighted by Gasteiger charge is -2.11. The molecule has 0 rings (SSSR count). The highest BCUT2D eigenvalue weighted by Gasteiger charge is 2.18. The first-order chi connectivity index (χ1) is 5.17. The van der Waals surface area contributed by atoms with Crippen molar-refractivity contribution in [2.24, 2.45) is 5.73 Å². The third-order valence-corrected chi connectivity index (χ3v) is 3.51. The van der Waals surface area contributed by atoms with Gasteiger partial charge in [-0.3, -0.25) is 4.21 Å². The molecule has 0 bridgehead atoms. The number of hydrogen-bond donors (Lipinski definition) is 1. The fraction of sp³-hybridized carbons (Fsp3) is 0.857. The molecule has 0 heterocycles. The SMILES string of the molecule is CCC(C#N)S(=O)C(C)CN. The van der Waals surface area contributed by atoms with Crippen molar-refractivity contribution >= 4 is 10.8 Å². The zero-order valence-electron chi connectivity index (χ0n) is 6.91. The van der Waals surface area contributed by atoms with E-state index in [-0.39, 0.29) is 10.5 Å². The molecule has 0 aromatic rings. The van der Waals surface area contributed by atoms with Crippen molar-refractivity contribution in [1.29, 1.82) is 5.26 Å². The van der Waals surface area contributed by atoms with Gasteiger partial charge in [0.15, 0.2) is 0 Å². The Morgan fingerprint density at radius 2 is 2.27 bits per heavy atom. The van der Waals surface area contributed by atoms with Crippen LogP contribution < -0.4 is 5.73 Å². The van der Waals surface area contributed by atoms with Gasteiger partial charge in [-0.25, -0.2) is 0 Å². The minimum atomic E-state index is -1.09. The van der Waals surface area contributed by atoms with Crippen molar-refractivity contribution in [3.05, 3.63) is 0 Å². The van der Waals surface area contributed by atoms with E-state index in [1.165, 1.54) is 0 Å². The molecule has 0 spiro atoms. The van der Waals surface area contributed by atoms with E-state index in [1.54, 1.807) is 6.92 Å². The van der Waals surface area contributed by atoms with E-state index in [2.05, 4.69) is 0 Å². The Hall–Kier alpha value is -0.400. The molecule has 2 N–H and O–H groups in total. The van der Waals surface area contributed by atoms with Gasteiger partial charge in [-0.05, 0) is 13.3 Å². The summed E-state index contributed by atoms with van der Waals surface area (Å²) in [5.74, 6) is 0. The number of nitriles is 1. The summed E-state index contributed by atoms with van der Waals surface area (Å²) < 4.78 is 11.3. The first-order valence-corrected chi connectivity index (χ1v) is 4.94. The van der Waals surface area contributed by atoms with Gasteiger partial charge < -0.3 is 5.73 Å². The highest BCUT2D eigenvalue weighted by molar-refractivity contribution is 7.86. The largest absolute Gasteiger partial charge is 0.329 e. The normalized spacial score (nSPS) is 18.4. The van der Waals surface area contributed by atoms with E-state index in [9.17, 15) is 4.21 Å². The van der Waals surface area contributed by atoms with Gasteiger partial charge in [0.2, 0.25) is 0 Å². The first-order valence-electron chi connectivity index (χ1n) is 3.66. The Balaban J connectivity index is 4.12. The van der Waals surface area contributed by atoms with Crippen molar-refractivity contribution in [3.63, 3.8) is 0 Å². The minimum absolute atomic E-state index is 0.0698. The van der Waals surface area contributed by atoms with Crippen LogP contribution in [0.5, 0.6) is 0 Å². The smallest absolute Gasteiger partial charge is 0.121 e. The Bertz CT molecular complexity index is 176. The average molecular weight is 174 g/mol. The third kappa shape index (κ3) is 3.00. The van der Waals surface area contributed by atoms with E-state index in [4.69, 9.17) is 11.0 Å². The van der Waals surface area contributed by atoms with Crippen molar-refractivity contribution in [2.45, 2.75) is 30.8 Å². The molecule has 0 fully saturated rings. The Morgan fingerprint density at radius 1 is 1.73 bits per heavy atom. The van der Waals surface area contributed by atoms with Gasteiger partial charge in [-0.1, -0.05) is 6.92 Å². The van der Waals surface area contributed by atoms with Crippen molar-refractivity contribution in [3.8, 4) is 6.07 Å². The molecule has 0 saturated carbocycles. The molecular weight excluding hydrogens is 160 g/mol. The molecule has 0 amide bonds. The van der Waals surface area contributed by atoms with Crippen LogP contribution in [-0.2, 0) is 10.8 Å². The lowest BCUT2D eigenvalue weighted by atomic mass is 10.4. The summed E-state index contributed by atoms with van der Waals surface area (Å²) in [6, 6.07) is 2.01. The highest BCUT2D eigenvalue weighted by Crippen LogP contribution is 2.05. The number of nitrogens with two attached hydrogens (primary N) is 1. The predicted molar refractivity (Wildman–Crippen MR) is 46.4 cm³/mol. The van der Waals surface area contributed by atoms with Crippen molar-refractivity contribution in [2.75, 3.05) is 6.54 Å². The van der Waals surface area contributed by atoms with Gasteiger partial charge in [0, 0.05) is 22.6 Å². The molecule has 0 radical (unpaired) electrons. The van der Waals surface area contributed by atoms with Gasteiger partial charge in [0.25, 0.3) is 0 Å². The molecule has 0 aromatic carbocycles. The average Bonchev–Trinajstić information content (AvgIpc) is 2.05.